The third-order valence-electron chi connectivity index (χ3n) is 6.04. The zero-order chi connectivity index (χ0) is 21.1. The van der Waals surface area contributed by atoms with Crippen LogP contribution in [0.25, 0.3) is 0 Å². The molecule has 30 heavy (non-hydrogen) atoms. The highest BCUT2D eigenvalue weighted by Gasteiger charge is 2.35. The van der Waals surface area contributed by atoms with Crippen LogP contribution in [0.4, 0.5) is 0 Å². The van der Waals surface area contributed by atoms with E-state index >= 15 is 0 Å². The fraction of sp³-hybridized carbons (Fsp3) is 0.435. The van der Waals surface area contributed by atoms with E-state index in [4.69, 9.17) is 0 Å². The van der Waals surface area contributed by atoms with Gasteiger partial charge in [0, 0.05) is 31.9 Å². The monoisotopic (exact) mass is 409 g/mol. The summed E-state index contributed by atoms with van der Waals surface area (Å²) < 4.78 is 1.59. The zero-order valence-electron chi connectivity index (χ0n) is 17.0. The molecule has 2 aromatic rings. The molecule has 0 aliphatic carbocycles. The summed E-state index contributed by atoms with van der Waals surface area (Å²) in [5.74, 6) is -1.51. The van der Waals surface area contributed by atoms with E-state index in [-0.39, 0.29) is 29.8 Å². The topological polar surface area (TPSA) is 91.6 Å². The van der Waals surface area contributed by atoms with Crippen LogP contribution >= 0.6 is 0 Å². The van der Waals surface area contributed by atoms with Crippen LogP contribution < -0.4 is 10.7 Å². The Balaban J connectivity index is 1.62. The Bertz CT molecular complexity index is 999. The SMILES string of the molecule is O=C(NCc1ccccc1)c1cn2c(c(O)c1=O)C(=O)N1CCCCCCCC1C2. The van der Waals surface area contributed by atoms with Crippen molar-refractivity contribution in [3.8, 4) is 5.75 Å². The summed E-state index contributed by atoms with van der Waals surface area (Å²) in [5.41, 5.74) is -0.0426. The van der Waals surface area contributed by atoms with E-state index < -0.39 is 17.1 Å². The van der Waals surface area contributed by atoms with Crippen LogP contribution in [0.3, 0.4) is 0 Å². The fourth-order valence-corrected chi connectivity index (χ4v) is 4.40. The zero-order valence-corrected chi connectivity index (χ0v) is 17.0. The van der Waals surface area contributed by atoms with Gasteiger partial charge in [-0.1, -0.05) is 56.0 Å². The first kappa shape index (κ1) is 20.2. The lowest BCUT2D eigenvalue weighted by molar-refractivity contribution is 0.0569. The maximum atomic E-state index is 13.1. The second kappa shape index (κ2) is 8.73. The van der Waals surface area contributed by atoms with Gasteiger partial charge in [0.2, 0.25) is 5.43 Å². The van der Waals surface area contributed by atoms with Crippen LogP contribution in [-0.2, 0) is 13.1 Å². The van der Waals surface area contributed by atoms with Gasteiger partial charge in [-0.2, -0.15) is 0 Å². The molecule has 1 saturated heterocycles. The van der Waals surface area contributed by atoms with Gasteiger partial charge in [0.15, 0.2) is 11.4 Å². The minimum atomic E-state index is -0.803. The lowest BCUT2D eigenvalue weighted by Gasteiger charge is -2.37. The van der Waals surface area contributed by atoms with E-state index in [1.165, 1.54) is 6.20 Å². The van der Waals surface area contributed by atoms with Crippen molar-refractivity contribution in [2.45, 2.75) is 57.7 Å². The molecule has 1 aromatic carbocycles. The molecule has 0 radical (unpaired) electrons. The number of amides is 2. The van der Waals surface area contributed by atoms with E-state index in [9.17, 15) is 19.5 Å². The van der Waals surface area contributed by atoms with Crippen LogP contribution in [0.2, 0.25) is 0 Å². The fourth-order valence-electron chi connectivity index (χ4n) is 4.40. The molecule has 2 amide bonds. The van der Waals surface area contributed by atoms with Crippen molar-refractivity contribution in [3.63, 3.8) is 0 Å². The molecule has 158 valence electrons. The molecule has 2 N–H and O–H groups in total. The molecule has 7 nitrogen and oxygen atoms in total. The number of carbonyl (C=O) groups excluding carboxylic acids is 2. The number of hydrogen-bond acceptors (Lipinski definition) is 4. The van der Waals surface area contributed by atoms with E-state index in [1.807, 2.05) is 30.3 Å². The number of benzene rings is 1. The van der Waals surface area contributed by atoms with Gasteiger partial charge < -0.3 is 19.9 Å². The highest BCUT2D eigenvalue weighted by Crippen LogP contribution is 2.27. The number of pyridine rings is 1. The minimum Gasteiger partial charge on any atom is -0.503 e. The number of hydrogen-bond donors (Lipinski definition) is 2. The van der Waals surface area contributed by atoms with Gasteiger partial charge in [-0.25, -0.2) is 0 Å². The number of nitrogens with zero attached hydrogens (tertiary/aromatic N) is 2. The van der Waals surface area contributed by atoms with Crippen molar-refractivity contribution < 1.29 is 14.7 Å². The Hall–Kier alpha value is -3.09. The van der Waals surface area contributed by atoms with Gasteiger partial charge in [0.05, 0.1) is 0 Å². The first-order valence-corrected chi connectivity index (χ1v) is 10.7. The highest BCUT2D eigenvalue weighted by atomic mass is 16.3. The van der Waals surface area contributed by atoms with E-state index in [1.54, 1.807) is 9.47 Å². The average molecular weight is 409 g/mol. The molecular formula is C23H27N3O4. The van der Waals surface area contributed by atoms with Gasteiger partial charge in [0.25, 0.3) is 11.8 Å². The number of fused-ring (bicyclic) bond motifs is 2. The molecule has 1 fully saturated rings. The maximum absolute atomic E-state index is 13.1. The van der Waals surface area contributed by atoms with Gasteiger partial charge in [-0.3, -0.25) is 14.4 Å². The van der Waals surface area contributed by atoms with E-state index in [2.05, 4.69) is 5.32 Å². The first-order valence-electron chi connectivity index (χ1n) is 10.7. The summed E-state index contributed by atoms with van der Waals surface area (Å²) in [6.07, 6.45) is 7.67. The van der Waals surface area contributed by atoms with Gasteiger partial charge in [0.1, 0.15) is 5.56 Å². The van der Waals surface area contributed by atoms with Gasteiger partial charge in [-0.05, 0) is 18.4 Å². The summed E-state index contributed by atoms with van der Waals surface area (Å²) in [5, 5.41) is 13.3. The van der Waals surface area contributed by atoms with Crippen molar-refractivity contribution in [2.24, 2.45) is 0 Å². The van der Waals surface area contributed by atoms with Crippen molar-refractivity contribution >= 4 is 11.8 Å². The Morgan fingerprint density at radius 1 is 1.07 bits per heavy atom. The van der Waals surface area contributed by atoms with Crippen LogP contribution in [0.1, 0.15) is 64.9 Å². The van der Waals surface area contributed by atoms with Crippen molar-refractivity contribution in [1.29, 1.82) is 0 Å². The third kappa shape index (κ3) is 3.97. The third-order valence-corrected chi connectivity index (χ3v) is 6.04. The number of aromatic hydroxyl groups is 1. The summed E-state index contributed by atoms with van der Waals surface area (Å²) in [7, 11) is 0. The lowest BCUT2D eigenvalue weighted by Crippen LogP contribution is -2.49. The van der Waals surface area contributed by atoms with Crippen molar-refractivity contribution in [1.82, 2.24) is 14.8 Å². The van der Waals surface area contributed by atoms with Crippen LogP contribution in [-0.4, -0.2) is 39.0 Å². The summed E-state index contributed by atoms with van der Waals surface area (Å²) >= 11 is 0. The molecule has 2 aliphatic rings. The quantitative estimate of drug-likeness (QED) is 0.815. The number of rotatable bonds is 3. The summed E-state index contributed by atoms with van der Waals surface area (Å²) in [4.78, 5) is 40.2. The maximum Gasteiger partial charge on any atom is 0.274 e. The minimum absolute atomic E-state index is 0.00453. The Morgan fingerprint density at radius 3 is 2.60 bits per heavy atom. The van der Waals surface area contributed by atoms with Crippen LogP contribution in [0.15, 0.2) is 41.3 Å². The molecular weight excluding hydrogens is 382 g/mol. The van der Waals surface area contributed by atoms with Gasteiger partial charge in [-0.15, -0.1) is 0 Å². The Kier molecular flexibility index (Phi) is 5.88. The predicted molar refractivity (Wildman–Crippen MR) is 113 cm³/mol. The van der Waals surface area contributed by atoms with Crippen LogP contribution in [0, 0.1) is 0 Å². The molecule has 0 saturated carbocycles. The van der Waals surface area contributed by atoms with Crippen molar-refractivity contribution in [3.05, 3.63) is 63.6 Å². The Labute approximate surface area is 175 Å². The molecule has 3 heterocycles. The standard InChI is InChI=1S/C23H27N3O4/c27-20-18(22(29)24-13-16-9-5-4-6-10-16)15-25-14-17-11-7-2-1-3-8-12-26(17)23(30)19(25)21(20)28/h4-6,9-10,15,17,28H,1-3,7-8,11-14H2,(H,24,29). The molecule has 7 heteroatoms. The second-order valence-electron chi connectivity index (χ2n) is 8.10. The molecule has 4 rings (SSSR count). The second-order valence-corrected chi connectivity index (χ2v) is 8.10. The molecule has 2 aliphatic heterocycles. The predicted octanol–water partition coefficient (Wildman–Crippen LogP) is 2.66. The van der Waals surface area contributed by atoms with Crippen molar-refractivity contribution in [2.75, 3.05) is 6.54 Å². The number of carbonyl (C=O) groups is 2. The highest BCUT2D eigenvalue weighted by molar-refractivity contribution is 5.99. The van der Waals surface area contributed by atoms with Gasteiger partial charge >= 0.3 is 0 Å². The summed E-state index contributed by atoms with van der Waals surface area (Å²) in [6.45, 7) is 1.39. The normalized spacial score (nSPS) is 19.1. The van der Waals surface area contributed by atoms with Crippen LogP contribution in [0.5, 0.6) is 5.75 Å². The molecule has 0 bridgehead atoms. The Morgan fingerprint density at radius 2 is 1.80 bits per heavy atom. The summed E-state index contributed by atoms with van der Waals surface area (Å²) in [6, 6.07) is 9.40. The number of aromatic nitrogens is 1. The average Bonchev–Trinajstić information content (AvgIpc) is 2.87. The number of nitrogens with one attached hydrogen (secondary N) is 1. The molecule has 1 unspecified atom stereocenters. The largest absolute Gasteiger partial charge is 0.503 e. The molecule has 1 atom stereocenters. The molecule has 1 aromatic heterocycles. The lowest BCUT2D eigenvalue weighted by atomic mass is 10.0. The first-order chi connectivity index (χ1) is 14.6. The molecule has 0 spiro atoms. The van der Waals surface area contributed by atoms with E-state index in [0.717, 1.165) is 44.1 Å². The van der Waals surface area contributed by atoms with E-state index in [0.29, 0.717) is 13.1 Å². The smallest absolute Gasteiger partial charge is 0.274 e.